The molecule has 0 aromatic carbocycles. The second-order valence-corrected chi connectivity index (χ2v) is 6.18. The number of aromatic amines is 1. The molecule has 2 N–H and O–H groups in total. The number of sulfonamides is 1. The van der Waals surface area contributed by atoms with Crippen molar-refractivity contribution in [3.63, 3.8) is 0 Å². The molecular formula is C10H20N4O2S. The molecule has 0 saturated carbocycles. The van der Waals surface area contributed by atoms with Gasteiger partial charge in [0.1, 0.15) is 4.90 Å². The van der Waals surface area contributed by atoms with E-state index in [4.69, 9.17) is 0 Å². The molecule has 7 heteroatoms. The number of hydrogen-bond acceptors (Lipinski definition) is 4. The first-order chi connectivity index (χ1) is 7.91. The fourth-order valence-electron chi connectivity index (χ4n) is 1.50. The Kier molecular flexibility index (Phi) is 4.67. The molecule has 0 saturated heterocycles. The number of aromatic nitrogens is 2. The summed E-state index contributed by atoms with van der Waals surface area (Å²) in [6.45, 7) is 5.07. The molecule has 0 unspecified atom stereocenters. The van der Waals surface area contributed by atoms with Gasteiger partial charge in [-0.1, -0.05) is 6.92 Å². The third-order valence-electron chi connectivity index (χ3n) is 2.42. The number of nitrogens with zero attached hydrogens (tertiary/aromatic N) is 2. The van der Waals surface area contributed by atoms with E-state index in [0.29, 0.717) is 17.9 Å². The summed E-state index contributed by atoms with van der Waals surface area (Å²) >= 11 is 0. The molecule has 0 radical (unpaired) electrons. The zero-order valence-corrected chi connectivity index (χ0v) is 11.6. The minimum absolute atomic E-state index is 0.283. The van der Waals surface area contributed by atoms with Crippen LogP contribution in [0.1, 0.15) is 24.7 Å². The Morgan fingerprint density at radius 1 is 1.41 bits per heavy atom. The maximum atomic E-state index is 12.1. The summed E-state index contributed by atoms with van der Waals surface area (Å²) in [6, 6.07) is 0. The summed E-state index contributed by atoms with van der Waals surface area (Å²) in [7, 11) is -0.395. The van der Waals surface area contributed by atoms with Gasteiger partial charge in [-0.2, -0.15) is 5.10 Å². The molecule has 1 rings (SSSR count). The summed E-state index contributed by atoms with van der Waals surface area (Å²) < 4.78 is 25.4. The molecule has 98 valence electrons. The van der Waals surface area contributed by atoms with Crippen LogP contribution in [0, 0.1) is 6.92 Å². The highest BCUT2D eigenvalue weighted by molar-refractivity contribution is 7.89. The molecule has 0 aliphatic rings. The molecule has 0 amide bonds. The summed E-state index contributed by atoms with van der Waals surface area (Å²) in [5.41, 5.74) is 1.12. The van der Waals surface area contributed by atoms with Crippen molar-refractivity contribution in [3.05, 3.63) is 11.4 Å². The molecule has 0 aliphatic carbocycles. The Balaban J connectivity index is 3.03. The minimum atomic E-state index is -3.43. The van der Waals surface area contributed by atoms with E-state index in [2.05, 4.69) is 22.4 Å². The van der Waals surface area contributed by atoms with Gasteiger partial charge in [0.05, 0.1) is 11.4 Å². The molecule has 1 heterocycles. The summed E-state index contributed by atoms with van der Waals surface area (Å²) in [4.78, 5) is 0.283. The van der Waals surface area contributed by atoms with Crippen molar-refractivity contribution in [2.24, 2.45) is 0 Å². The number of H-pyrrole nitrogens is 1. The average Bonchev–Trinajstić information content (AvgIpc) is 2.60. The van der Waals surface area contributed by atoms with Crippen molar-refractivity contribution >= 4 is 10.0 Å². The lowest BCUT2D eigenvalue weighted by molar-refractivity contribution is 0.518. The van der Waals surface area contributed by atoms with Gasteiger partial charge in [-0.15, -0.1) is 0 Å². The van der Waals surface area contributed by atoms with Crippen molar-refractivity contribution in [2.75, 3.05) is 20.6 Å². The smallest absolute Gasteiger partial charge is 0.246 e. The highest BCUT2D eigenvalue weighted by Crippen LogP contribution is 2.20. The number of nitrogens with one attached hydrogen (secondary N) is 2. The SMILES string of the molecule is CCCNCc1n[nH]c(C)c1S(=O)(=O)N(C)C. The van der Waals surface area contributed by atoms with Crippen molar-refractivity contribution < 1.29 is 8.42 Å². The lowest BCUT2D eigenvalue weighted by Crippen LogP contribution is -2.25. The Morgan fingerprint density at radius 2 is 2.06 bits per heavy atom. The summed E-state index contributed by atoms with van der Waals surface area (Å²) in [5, 5.41) is 9.92. The van der Waals surface area contributed by atoms with Gasteiger partial charge in [0, 0.05) is 20.6 Å². The van der Waals surface area contributed by atoms with Crippen LogP contribution >= 0.6 is 0 Å². The molecule has 6 nitrogen and oxygen atoms in total. The highest BCUT2D eigenvalue weighted by Gasteiger charge is 2.25. The molecular weight excluding hydrogens is 240 g/mol. The number of rotatable bonds is 6. The Labute approximate surface area is 102 Å². The lowest BCUT2D eigenvalue weighted by Gasteiger charge is -2.12. The second kappa shape index (κ2) is 5.61. The minimum Gasteiger partial charge on any atom is -0.311 e. The normalized spacial score (nSPS) is 12.3. The number of hydrogen-bond donors (Lipinski definition) is 2. The number of aryl methyl sites for hydroxylation is 1. The van der Waals surface area contributed by atoms with Crippen LogP contribution in [-0.2, 0) is 16.6 Å². The first-order valence-corrected chi connectivity index (χ1v) is 7.02. The largest absolute Gasteiger partial charge is 0.311 e. The maximum absolute atomic E-state index is 12.1. The molecule has 1 aromatic heterocycles. The zero-order valence-electron chi connectivity index (χ0n) is 10.7. The maximum Gasteiger partial charge on any atom is 0.246 e. The van der Waals surface area contributed by atoms with E-state index in [9.17, 15) is 8.42 Å². The fourth-order valence-corrected chi connectivity index (χ4v) is 2.71. The van der Waals surface area contributed by atoms with Crippen LogP contribution in [0.25, 0.3) is 0 Å². The fraction of sp³-hybridized carbons (Fsp3) is 0.700. The van der Waals surface area contributed by atoms with Gasteiger partial charge in [-0.25, -0.2) is 12.7 Å². The van der Waals surface area contributed by atoms with E-state index in [1.165, 1.54) is 18.4 Å². The van der Waals surface area contributed by atoms with Crippen molar-refractivity contribution in [3.8, 4) is 0 Å². The third kappa shape index (κ3) is 3.05. The van der Waals surface area contributed by atoms with Crippen LogP contribution in [0.5, 0.6) is 0 Å². The summed E-state index contributed by atoms with van der Waals surface area (Å²) in [6.07, 6.45) is 0.999. The predicted octanol–water partition coefficient (Wildman–Crippen LogP) is 0.468. The van der Waals surface area contributed by atoms with Gasteiger partial charge in [0.25, 0.3) is 0 Å². The van der Waals surface area contributed by atoms with E-state index < -0.39 is 10.0 Å². The van der Waals surface area contributed by atoms with Crippen LogP contribution in [0.15, 0.2) is 4.90 Å². The van der Waals surface area contributed by atoms with E-state index in [1.807, 2.05) is 0 Å². The van der Waals surface area contributed by atoms with Crippen LogP contribution in [-0.4, -0.2) is 43.6 Å². The molecule has 1 aromatic rings. The highest BCUT2D eigenvalue weighted by atomic mass is 32.2. The van der Waals surface area contributed by atoms with Gasteiger partial charge in [-0.05, 0) is 19.9 Å². The summed E-state index contributed by atoms with van der Waals surface area (Å²) in [5.74, 6) is 0. The Bertz CT molecular complexity index is 465. The Hall–Kier alpha value is -0.920. The zero-order chi connectivity index (χ0) is 13.1. The average molecular weight is 260 g/mol. The molecule has 0 atom stereocenters. The van der Waals surface area contributed by atoms with Gasteiger partial charge < -0.3 is 5.32 Å². The van der Waals surface area contributed by atoms with Crippen LogP contribution in [0.4, 0.5) is 0 Å². The molecule has 0 spiro atoms. The topological polar surface area (TPSA) is 78.1 Å². The lowest BCUT2D eigenvalue weighted by atomic mass is 10.3. The second-order valence-electron chi connectivity index (χ2n) is 4.09. The predicted molar refractivity (Wildman–Crippen MR) is 66.2 cm³/mol. The van der Waals surface area contributed by atoms with Crippen LogP contribution in [0.2, 0.25) is 0 Å². The first-order valence-electron chi connectivity index (χ1n) is 5.58. The van der Waals surface area contributed by atoms with E-state index >= 15 is 0 Å². The van der Waals surface area contributed by atoms with Crippen molar-refractivity contribution in [2.45, 2.75) is 31.7 Å². The quantitative estimate of drug-likeness (QED) is 0.729. The molecule has 0 aliphatic heterocycles. The van der Waals surface area contributed by atoms with Gasteiger partial charge in [0.15, 0.2) is 0 Å². The van der Waals surface area contributed by atoms with E-state index in [-0.39, 0.29) is 4.90 Å². The van der Waals surface area contributed by atoms with E-state index in [1.54, 1.807) is 6.92 Å². The Morgan fingerprint density at radius 3 is 2.59 bits per heavy atom. The van der Waals surface area contributed by atoms with Crippen LogP contribution in [0.3, 0.4) is 0 Å². The van der Waals surface area contributed by atoms with Gasteiger partial charge in [0.2, 0.25) is 10.0 Å². The van der Waals surface area contributed by atoms with Gasteiger partial charge >= 0.3 is 0 Å². The third-order valence-corrected chi connectivity index (χ3v) is 4.44. The van der Waals surface area contributed by atoms with Gasteiger partial charge in [-0.3, -0.25) is 5.10 Å². The van der Waals surface area contributed by atoms with Crippen molar-refractivity contribution in [1.82, 2.24) is 19.8 Å². The first kappa shape index (κ1) is 14.1. The van der Waals surface area contributed by atoms with E-state index in [0.717, 1.165) is 13.0 Å². The monoisotopic (exact) mass is 260 g/mol. The molecule has 0 bridgehead atoms. The molecule has 0 fully saturated rings. The van der Waals surface area contributed by atoms with Crippen LogP contribution < -0.4 is 5.32 Å². The van der Waals surface area contributed by atoms with Crippen molar-refractivity contribution in [1.29, 1.82) is 0 Å². The standard InChI is InChI=1S/C10H20N4O2S/c1-5-6-11-7-9-10(8(2)12-13-9)17(15,16)14(3)4/h11H,5-7H2,1-4H3,(H,12,13). The molecule has 17 heavy (non-hydrogen) atoms.